The average Bonchev–Trinajstić information content (AvgIpc) is 2.82. The Hall–Kier alpha value is -1.64. The zero-order valence-corrected chi connectivity index (χ0v) is 16.6. The molecule has 1 atom stereocenters. The zero-order chi connectivity index (χ0) is 19.9. The number of carbonyl (C=O) groups is 2. The van der Waals surface area contributed by atoms with E-state index in [-0.39, 0.29) is 23.8 Å². The van der Waals surface area contributed by atoms with Crippen LogP contribution in [-0.2, 0) is 19.6 Å². The molecule has 1 aromatic rings. The summed E-state index contributed by atoms with van der Waals surface area (Å²) in [5.41, 5.74) is 0. The van der Waals surface area contributed by atoms with Crippen LogP contribution in [-0.4, -0.2) is 48.8 Å². The molecule has 1 unspecified atom stereocenters. The molecule has 1 aromatic carbocycles. The number of hydrogen-bond acceptors (Lipinski definition) is 4. The molecule has 9 heteroatoms. The second-order valence-corrected chi connectivity index (χ2v) is 8.90. The van der Waals surface area contributed by atoms with E-state index in [4.69, 9.17) is 16.7 Å². The molecule has 1 saturated heterocycles. The van der Waals surface area contributed by atoms with Gasteiger partial charge in [-0.3, -0.25) is 9.59 Å². The van der Waals surface area contributed by atoms with Gasteiger partial charge in [-0.15, -0.1) is 0 Å². The van der Waals surface area contributed by atoms with E-state index in [1.165, 1.54) is 28.6 Å². The van der Waals surface area contributed by atoms with Crippen molar-refractivity contribution < 1.29 is 23.1 Å². The maximum Gasteiger partial charge on any atom is 0.303 e. The summed E-state index contributed by atoms with van der Waals surface area (Å²) >= 11 is 5.86. The number of halogens is 1. The van der Waals surface area contributed by atoms with Gasteiger partial charge in [0.2, 0.25) is 15.9 Å². The van der Waals surface area contributed by atoms with Crippen molar-refractivity contribution in [2.24, 2.45) is 0 Å². The summed E-state index contributed by atoms with van der Waals surface area (Å²) in [4.78, 5) is 23.2. The highest BCUT2D eigenvalue weighted by Gasteiger charge is 2.36. The maximum atomic E-state index is 13.2. The number of sulfonamides is 1. The lowest BCUT2D eigenvalue weighted by atomic mass is 10.1. The Morgan fingerprint density at radius 2 is 1.89 bits per heavy atom. The number of carboxylic acid groups (broad SMARTS) is 1. The van der Waals surface area contributed by atoms with Crippen LogP contribution in [0.25, 0.3) is 0 Å². The van der Waals surface area contributed by atoms with Gasteiger partial charge in [0.1, 0.15) is 6.04 Å². The van der Waals surface area contributed by atoms with E-state index in [0.717, 1.165) is 12.8 Å². The van der Waals surface area contributed by atoms with E-state index < -0.39 is 22.0 Å². The van der Waals surface area contributed by atoms with Crippen LogP contribution in [0.5, 0.6) is 0 Å². The molecule has 0 bridgehead atoms. The van der Waals surface area contributed by atoms with Crippen molar-refractivity contribution in [2.75, 3.05) is 13.1 Å². The number of carboxylic acids is 1. The lowest BCUT2D eigenvalue weighted by Gasteiger charge is -2.29. The van der Waals surface area contributed by atoms with Crippen LogP contribution in [0.1, 0.15) is 44.9 Å². The molecule has 1 aliphatic heterocycles. The van der Waals surface area contributed by atoms with E-state index in [1.807, 2.05) is 0 Å². The van der Waals surface area contributed by atoms with Crippen LogP contribution in [0.2, 0.25) is 5.02 Å². The molecule has 1 aliphatic rings. The molecule has 2 rings (SSSR count). The first kappa shape index (κ1) is 21.7. The van der Waals surface area contributed by atoms with Crippen LogP contribution in [0, 0.1) is 0 Å². The predicted octanol–water partition coefficient (Wildman–Crippen LogP) is 2.64. The molecule has 1 fully saturated rings. The first-order valence-electron chi connectivity index (χ1n) is 9.09. The molecule has 27 heavy (non-hydrogen) atoms. The number of hydrogen-bond donors (Lipinski definition) is 2. The lowest BCUT2D eigenvalue weighted by molar-refractivity contribution is -0.137. The van der Waals surface area contributed by atoms with E-state index in [2.05, 4.69) is 5.32 Å². The summed E-state index contributed by atoms with van der Waals surface area (Å²) in [5.74, 6) is -1.15. The van der Waals surface area contributed by atoms with Crippen molar-refractivity contribution in [1.29, 1.82) is 0 Å². The molecule has 2 N–H and O–H groups in total. The Kier molecular flexibility index (Phi) is 8.07. The minimum atomic E-state index is -3.87. The molecular weight excluding hydrogens is 392 g/mol. The maximum absolute atomic E-state index is 13.2. The van der Waals surface area contributed by atoms with Crippen LogP contribution in [0.3, 0.4) is 0 Å². The summed E-state index contributed by atoms with van der Waals surface area (Å²) in [6.07, 6.45) is 3.63. The highest BCUT2D eigenvalue weighted by Crippen LogP contribution is 2.24. The highest BCUT2D eigenvalue weighted by atomic mass is 35.5. The second-order valence-electron chi connectivity index (χ2n) is 6.58. The Morgan fingerprint density at radius 3 is 2.56 bits per heavy atom. The third kappa shape index (κ3) is 6.19. The second kappa shape index (κ2) is 10.1. The van der Waals surface area contributed by atoms with E-state index in [9.17, 15) is 18.0 Å². The van der Waals surface area contributed by atoms with Crippen molar-refractivity contribution >= 4 is 33.5 Å². The summed E-state index contributed by atoms with van der Waals surface area (Å²) in [6.45, 7) is 0.714. The number of amides is 1. The Morgan fingerprint density at radius 1 is 1.19 bits per heavy atom. The Balaban J connectivity index is 2.20. The van der Waals surface area contributed by atoms with Gasteiger partial charge in [-0.2, -0.15) is 4.31 Å². The number of aliphatic carboxylic acids is 1. The normalized spacial score (nSPS) is 18.1. The van der Waals surface area contributed by atoms with Gasteiger partial charge in [0.15, 0.2) is 0 Å². The molecule has 0 spiro atoms. The average molecular weight is 417 g/mol. The van der Waals surface area contributed by atoms with Crippen LogP contribution >= 0.6 is 11.6 Å². The van der Waals surface area contributed by atoms with Crippen LogP contribution in [0.15, 0.2) is 29.2 Å². The number of nitrogens with one attached hydrogen (secondary N) is 1. The van der Waals surface area contributed by atoms with Crippen molar-refractivity contribution in [1.82, 2.24) is 9.62 Å². The van der Waals surface area contributed by atoms with Crippen LogP contribution in [0.4, 0.5) is 0 Å². The Labute approximate surface area is 164 Å². The monoisotopic (exact) mass is 416 g/mol. The topological polar surface area (TPSA) is 104 Å². The summed E-state index contributed by atoms with van der Waals surface area (Å²) in [5, 5.41) is 11.9. The van der Waals surface area contributed by atoms with Gasteiger partial charge < -0.3 is 10.4 Å². The molecule has 0 saturated carbocycles. The third-order valence-corrected chi connectivity index (χ3v) is 6.72. The molecule has 0 aromatic heterocycles. The summed E-state index contributed by atoms with van der Waals surface area (Å²) in [6, 6.07) is 5.12. The number of nitrogens with zero attached hydrogens (tertiary/aromatic N) is 1. The van der Waals surface area contributed by atoms with Gasteiger partial charge in [0.25, 0.3) is 0 Å². The molecule has 7 nitrogen and oxygen atoms in total. The van der Waals surface area contributed by atoms with E-state index in [1.54, 1.807) is 0 Å². The first-order valence-corrected chi connectivity index (χ1v) is 10.9. The Bertz CT molecular complexity index is 752. The SMILES string of the molecule is O=C(O)CCCCCN(C1CCCCNC1=O)S(=O)(=O)c1ccc(Cl)cc1. The molecule has 150 valence electrons. The van der Waals surface area contributed by atoms with Gasteiger partial charge in [0.05, 0.1) is 4.90 Å². The third-order valence-electron chi connectivity index (χ3n) is 4.54. The number of unbranched alkanes of at least 4 members (excludes halogenated alkanes) is 2. The smallest absolute Gasteiger partial charge is 0.303 e. The highest BCUT2D eigenvalue weighted by molar-refractivity contribution is 7.89. The summed E-state index contributed by atoms with van der Waals surface area (Å²) < 4.78 is 27.6. The minimum absolute atomic E-state index is 0.0495. The number of benzene rings is 1. The van der Waals surface area contributed by atoms with E-state index >= 15 is 0 Å². The zero-order valence-electron chi connectivity index (χ0n) is 15.1. The lowest BCUT2D eigenvalue weighted by Crippen LogP contribution is -2.49. The standard InChI is InChI=1S/C18H25ClN2O5S/c19-14-8-10-15(11-9-14)27(25,26)21(13-5-1-2-7-17(22)23)16-6-3-4-12-20-18(16)24/h8-11,16H,1-7,12-13H2,(H,20,24)(H,22,23). The van der Waals surface area contributed by atoms with Gasteiger partial charge in [-0.05, 0) is 56.4 Å². The number of rotatable bonds is 9. The fourth-order valence-electron chi connectivity index (χ4n) is 3.10. The van der Waals surface area contributed by atoms with Crippen LogP contribution < -0.4 is 5.32 Å². The quantitative estimate of drug-likeness (QED) is 0.602. The summed E-state index contributed by atoms with van der Waals surface area (Å²) in [7, 11) is -3.87. The first-order chi connectivity index (χ1) is 12.8. The fraction of sp³-hybridized carbons (Fsp3) is 0.556. The van der Waals surface area contributed by atoms with Crippen molar-refractivity contribution in [3.63, 3.8) is 0 Å². The van der Waals surface area contributed by atoms with Crippen molar-refractivity contribution in [2.45, 2.75) is 55.9 Å². The van der Waals surface area contributed by atoms with Gasteiger partial charge >= 0.3 is 5.97 Å². The van der Waals surface area contributed by atoms with Crippen molar-refractivity contribution in [3.05, 3.63) is 29.3 Å². The molecule has 0 aliphatic carbocycles. The molecular formula is C18H25ClN2O5S. The molecule has 0 radical (unpaired) electrons. The predicted molar refractivity (Wildman–Crippen MR) is 102 cm³/mol. The fourth-order valence-corrected chi connectivity index (χ4v) is 4.89. The minimum Gasteiger partial charge on any atom is -0.481 e. The molecule has 1 amide bonds. The van der Waals surface area contributed by atoms with E-state index in [0.29, 0.717) is 37.3 Å². The number of carbonyl (C=O) groups excluding carboxylic acids is 1. The largest absolute Gasteiger partial charge is 0.481 e. The van der Waals surface area contributed by atoms with Gasteiger partial charge in [-0.25, -0.2) is 8.42 Å². The van der Waals surface area contributed by atoms with Crippen molar-refractivity contribution in [3.8, 4) is 0 Å². The van der Waals surface area contributed by atoms with Gasteiger partial charge in [0, 0.05) is 24.5 Å². The van der Waals surface area contributed by atoms with Gasteiger partial charge in [-0.1, -0.05) is 18.0 Å². The molecule has 1 heterocycles.